The number of aryl methyl sites for hydroxylation is 1. The third-order valence-electron chi connectivity index (χ3n) is 4.63. The smallest absolute Gasteiger partial charge is 0.311 e. The Morgan fingerprint density at radius 1 is 1.14 bits per heavy atom. The third kappa shape index (κ3) is 2.72. The summed E-state index contributed by atoms with van der Waals surface area (Å²) in [6.45, 7) is 6.20. The molecule has 0 spiro atoms. The van der Waals surface area contributed by atoms with E-state index in [1.165, 1.54) is 5.56 Å². The Morgan fingerprint density at radius 3 is 2.45 bits per heavy atom. The fourth-order valence-electron chi connectivity index (χ4n) is 3.48. The SMILES string of the molecule is CCc1ccc(C2CC(=O)OC3=C2C(=O)CC(C)(C)C3)cc1. The third-order valence-corrected chi connectivity index (χ3v) is 4.63. The van der Waals surface area contributed by atoms with Gasteiger partial charge in [-0.1, -0.05) is 45.0 Å². The van der Waals surface area contributed by atoms with Crippen molar-refractivity contribution < 1.29 is 14.3 Å². The second kappa shape index (κ2) is 5.38. The van der Waals surface area contributed by atoms with E-state index in [1.54, 1.807) is 0 Å². The largest absolute Gasteiger partial charge is 0.431 e. The predicted octanol–water partition coefficient (Wildman–Crippen LogP) is 3.92. The number of Topliss-reactive ketones (excluding diaryl/α,β-unsaturated/α-hetero) is 1. The fourth-order valence-corrected chi connectivity index (χ4v) is 3.48. The standard InChI is InChI=1S/C19H22O3/c1-4-12-5-7-13(8-6-12)14-9-17(21)22-16-11-19(2,3)10-15(20)18(14)16/h5-8,14H,4,9-11H2,1-3H3. The number of carbonyl (C=O) groups is 2. The number of hydrogen-bond acceptors (Lipinski definition) is 3. The summed E-state index contributed by atoms with van der Waals surface area (Å²) in [5.74, 6) is 0.352. The molecule has 3 heteroatoms. The van der Waals surface area contributed by atoms with Gasteiger partial charge in [-0.05, 0) is 23.0 Å². The molecule has 0 fully saturated rings. The molecule has 1 atom stereocenters. The molecule has 1 aromatic rings. The van der Waals surface area contributed by atoms with Crippen molar-refractivity contribution in [2.45, 2.75) is 52.4 Å². The molecule has 3 rings (SSSR count). The van der Waals surface area contributed by atoms with Crippen molar-refractivity contribution in [2.75, 3.05) is 0 Å². The van der Waals surface area contributed by atoms with Gasteiger partial charge in [-0.2, -0.15) is 0 Å². The van der Waals surface area contributed by atoms with Gasteiger partial charge in [0, 0.05) is 24.3 Å². The maximum absolute atomic E-state index is 12.6. The summed E-state index contributed by atoms with van der Waals surface area (Å²) in [5, 5.41) is 0. The fraction of sp³-hybridized carbons (Fsp3) is 0.474. The molecule has 22 heavy (non-hydrogen) atoms. The van der Waals surface area contributed by atoms with E-state index in [-0.39, 0.29) is 29.5 Å². The van der Waals surface area contributed by atoms with Gasteiger partial charge >= 0.3 is 5.97 Å². The van der Waals surface area contributed by atoms with Gasteiger partial charge in [-0.3, -0.25) is 9.59 Å². The van der Waals surface area contributed by atoms with Crippen LogP contribution in [0.1, 0.15) is 57.1 Å². The molecule has 0 amide bonds. The Labute approximate surface area is 131 Å². The molecular formula is C19H22O3. The molecular weight excluding hydrogens is 276 g/mol. The van der Waals surface area contributed by atoms with Gasteiger partial charge in [0.25, 0.3) is 0 Å². The van der Waals surface area contributed by atoms with Crippen LogP contribution in [0.4, 0.5) is 0 Å². The number of rotatable bonds is 2. The zero-order valence-corrected chi connectivity index (χ0v) is 13.4. The summed E-state index contributed by atoms with van der Waals surface area (Å²) < 4.78 is 5.41. The summed E-state index contributed by atoms with van der Waals surface area (Å²) in [5.41, 5.74) is 2.88. The van der Waals surface area contributed by atoms with Crippen LogP contribution in [0.2, 0.25) is 0 Å². The number of ketones is 1. The van der Waals surface area contributed by atoms with Crippen molar-refractivity contribution in [3.8, 4) is 0 Å². The van der Waals surface area contributed by atoms with Gasteiger partial charge in [-0.25, -0.2) is 0 Å². The Balaban J connectivity index is 2.02. The number of esters is 1. The highest BCUT2D eigenvalue weighted by Gasteiger charge is 2.41. The second-order valence-corrected chi connectivity index (χ2v) is 7.10. The van der Waals surface area contributed by atoms with Gasteiger partial charge in [0.1, 0.15) is 5.76 Å². The summed E-state index contributed by atoms with van der Waals surface area (Å²) in [7, 11) is 0. The lowest BCUT2D eigenvalue weighted by atomic mass is 9.71. The number of hydrogen-bond donors (Lipinski definition) is 0. The molecule has 1 unspecified atom stereocenters. The van der Waals surface area contributed by atoms with Crippen LogP contribution in [0, 0.1) is 5.41 Å². The number of allylic oxidation sites excluding steroid dienone is 2. The summed E-state index contributed by atoms with van der Waals surface area (Å²) in [4.78, 5) is 24.6. The van der Waals surface area contributed by atoms with Crippen molar-refractivity contribution in [1.29, 1.82) is 0 Å². The van der Waals surface area contributed by atoms with Crippen molar-refractivity contribution in [1.82, 2.24) is 0 Å². The van der Waals surface area contributed by atoms with Crippen LogP contribution in [-0.2, 0) is 20.7 Å². The minimum Gasteiger partial charge on any atom is -0.431 e. The van der Waals surface area contributed by atoms with Crippen LogP contribution in [-0.4, -0.2) is 11.8 Å². The Morgan fingerprint density at radius 2 is 1.82 bits per heavy atom. The lowest BCUT2D eigenvalue weighted by Crippen LogP contribution is -2.33. The van der Waals surface area contributed by atoms with E-state index in [1.807, 2.05) is 26.0 Å². The summed E-state index contributed by atoms with van der Waals surface area (Å²) >= 11 is 0. The highest BCUT2D eigenvalue weighted by molar-refractivity contribution is 6.00. The molecule has 0 radical (unpaired) electrons. The molecule has 1 heterocycles. The minimum absolute atomic E-state index is 0.128. The Bertz CT molecular complexity index is 650. The first kappa shape index (κ1) is 15.0. The molecule has 0 N–H and O–H groups in total. The van der Waals surface area contributed by atoms with Gasteiger partial charge in [-0.15, -0.1) is 0 Å². The van der Waals surface area contributed by atoms with Crippen molar-refractivity contribution in [3.05, 3.63) is 46.7 Å². The molecule has 0 aromatic heterocycles. The van der Waals surface area contributed by atoms with E-state index in [0.29, 0.717) is 18.6 Å². The average molecular weight is 298 g/mol. The van der Waals surface area contributed by atoms with Crippen molar-refractivity contribution in [3.63, 3.8) is 0 Å². The number of benzene rings is 1. The van der Waals surface area contributed by atoms with Crippen LogP contribution in [0.5, 0.6) is 0 Å². The van der Waals surface area contributed by atoms with E-state index in [4.69, 9.17) is 4.74 Å². The van der Waals surface area contributed by atoms with Gasteiger partial charge in [0.15, 0.2) is 5.78 Å². The molecule has 116 valence electrons. The topological polar surface area (TPSA) is 43.4 Å². The molecule has 0 bridgehead atoms. The predicted molar refractivity (Wildman–Crippen MR) is 84.3 cm³/mol. The first-order valence-corrected chi connectivity index (χ1v) is 7.95. The summed E-state index contributed by atoms with van der Waals surface area (Å²) in [6.07, 6.45) is 2.42. The maximum atomic E-state index is 12.6. The van der Waals surface area contributed by atoms with E-state index in [9.17, 15) is 9.59 Å². The van der Waals surface area contributed by atoms with Gasteiger partial charge in [0.2, 0.25) is 0 Å². The first-order chi connectivity index (χ1) is 10.4. The summed E-state index contributed by atoms with van der Waals surface area (Å²) in [6, 6.07) is 8.24. The number of carbonyl (C=O) groups excluding carboxylic acids is 2. The second-order valence-electron chi connectivity index (χ2n) is 7.10. The molecule has 2 aliphatic rings. The van der Waals surface area contributed by atoms with E-state index in [2.05, 4.69) is 19.1 Å². The van der Waals surface area contributed by atoms with E-state index < -0.39 is 0 Å². The average Bonchev–Trinajstić information content (AvgIpc) is 2.44. The number of ether oxygens (including phenoxy) is 1. The molecule has 1 aromatic carbocycles. The van der Waals surface area contributed by atoms with Gasteiger partial charge < -0.3 is 4.74 Å². The first-order valence-electron chi connectivity index (χ1n) is 7.95. The lowest BCUT2D eigenvalue weighted by molar-refractivity contribution is -0.142. The Hall–Kier alpha value is -1.90. The zero-order chi connectivity index (χ0) is 15.9. The van der Waals surface area contributed by atoms with Crippen LogP contribution >= 0.6 is 0 Å². The molecule has 1 aliphatic carbocycles. The monoisotopic (exact) mass is 298 g/mol. The van der Waals surface area contributed by atoms with Crippen LogP contribution in [0.3, 0.4) is 0 Å². The van der Waals surface area contributed by atoms with E-state index in [0.717, 1.165) is 17.6 Å². The van der Waals surface area contributed by atoms with Crippen LogP contribution in [0.25, 0.3) is 0 Å². The molecule has 1 aliphatic heterocycles. The molecule has 0 saturated heterocycles. The highest BCUT2D eigenvalue weighted by Crippen LogP contribution is 2.45. The lowest BCUT2D eigenvalue weighted by Gasteiger charge is -2.36. The highest BCUT2D eigenvalue weighted by atomic mass is 16.5. The quantitative estimate of drug-likeness (QED) is 0.777. The van der Waals surface area contributed by atoms with Gasteiger partial charge in [0.05, 0.1) is 6.42 Å². The maximum Gasteiger partial charge on any atom is 0.311 e. The molecule has 3 nitrogen and oxygen atoms in total. The van der Waals surface area contributed by atoms with Crippen LogP contribution < -0.4 is 0 Å². The molecule has 0 saturated carbocycles. The van der Waals surface area contributed by atoms with Crippen molar-refractivity contribution >= 4 is 11.8 Å². The van der Waals surface area contributed by atoms with E-state index >= 15 is 0 Å². The minimum atomic E-state index is -0.228. The normalized spacial score (nSPS) is 24.0. The van der Waals surface area contributed by atoms with Crippen LogP contribution in [0.15, 0.2) is 35.6 Å². The Kier molecular flexibility index (Phi) is 3.67. The zero-order valence-electron chi connectivity index (χ0n) is 13.4. The van der Waals surface area contributed by atoms with Crippen molar-refractivity contribution in [2.24, 2.45) is 5.41 Å².